The van der Waals surface area contributed by atoms with Gasteiger partial charge < -0.3 is 14.4 Å². The van der Waals surface area contributed by atoms with Gasteiger partial charge in [-0.1, -0.05) is 72.3 Å². The molecule has 0 aliphatic carbocycles. The van der Waals surface area contributed by atoms with E-state index in [-0.39, 0.29) is 22.8 Å². The number of benzene rings is 2. The van der Waals surface area contributed by atoms with E-state index in [2.05, 4.69) is 120 Å². The lowest BCUT2D eigenvalue weighted by atomic mass is 9.81. The lowest BCUT2D eigenvalue weighted by Crippen LogP contribution is -2.28. The van der Waals surface area contributed by atoms with Crippen LogP contribution in [0.5, 0.6) is 0 Å². The summed E-state index contributed by atoms with van der Waals surface area (Å²) in [6.45, 7) is 15.0. The van der Waals surface area contributed by atoms with Gasteiger partial charge >= 0.3 is 11.9 Å². The number of fused-ring (bicyclic) bond motifs is 2. The molecule has 2 aromatic carbocycles. The van der Waals surface area contributed by atoms with Crippen molar-refractivity contribution >= 4 is 45.0 Å². The molecule has 232 valence electrons. The Bertz CT molecular complexity index is 1370. The van der Waals surface area contributed by atoms with Crippen LogP contribution in [0.25, 0.3) is 0 Å². The third-order valence-corrected chi connectivity index (χ3v) is 8.24. The number of hydrogen-bond acceptors (Lipinski definition) is 5. The molecule has 43 heavy (non-hydrogen) atoms. The Morgan fingerprint density at radius 1 is 0.837 bits per heavy atom. The fourth-order valence-corrected chi connectivity index (χ4v) is 6.22. The van der Waals surface area contributed by atoms with Crippen LogP contribution >= 0.6 is 15.9 Å². The first-order valence-corrected chi connectivity index (χ1v) is 16.9. The van der Waals surface area contributed by atoms with Gasteiger partial charge in [0.05, 0.1) is 25.0 Å². The van der Waals surface area contributed by atoms with Crippen LogP contribution in [0.2, 0.25) is 0 Å². The van der Waals surface area contributed by atoms with Crippen molar-refractivity contribution in [2.45, 2.75) is 78.1 Å². The molecule has 2 aliphatic heterocycles. The van der Waals surface area contributed by atoms with Crippen molar-refractivity contribution < 1.29 is 23.6 Å². The minimum Gasteiger partial charge on any atom is -0.466 e. The zero-order valence-corrected chi connectivity index (χ0v) is 28.5. The fraction of sp³-hybridized carbons (Fsp3) is 0.472. The van der Waals surface area contributed by atoms with Crippen molar-refractivity contribution in [1.29, 1.82) is 0 Å². The summed E-state index contributed by atoms with van der Waals surface area (Å²) >= 11 is 2.94. The molecule has 2 heterocycles. The first kappa shape index (κ1) is 34.3. The van der Waals surface area contributed by atoms with Gasteiger partial charge in [-0.3, -0.25) is 9.59 Å². The van der Waals surface area contributed by atoms with E-state index in [1.165, 1.54) is 33.9 Å². The van der Waals surface area contributed by atoms with Crippen molar-refractivity contribution in [2.75, 3.05) is 37.0 Å². The molecule has 4 rings (SSSR count). The Hall–Kier alpha value is -3.19. The highest BCUT2D eigenvalue weighted by Crippen LogP contribution is 2.47. The molecule has 0 amide bonds. The van der Waals surface area contributed by atoms with E-state index in [0.29, 0.717) is 26.1 Å². The summed E-state index contributed by atoms with van der Waals surface area (Å²) in [6.07, 6.45) is 8.88. The van der Waals surface area contributed by atoms with Crippen molar-refractivity contribution in [3.63, 3.8) is 0 Å². The van der Waals surface area contributed by atoms with Crippen LogP contribution in [0.3, 0.4) is 0 Å². The minimum atomic E-state index is -0.178. The monoisotopic (exact) mass is 651 g/mol. The Morgan fingerprint density at radius 3 is 2.07 bits per heavy atom. The second-order valence-corrected chi connectivity index (χ2v) is 11.7. The molecule has 0 saturated heterocycles. The number of hydrogen-bond donors (Lipinski definition) is 0. The molecule has 0 atom stereocenters. The van der Waals surface area contributed by atoms with Gasteiger partial charge in [0, 0.05) is 53.9 Å². The van der Waals surface area contributed by atoms with Crippen LogP contribution in [0, 0.1) is 0 Å². The molecule has 0 aromatic heterocycles. The van der Waals surface area contributed by atoms with Crippen LogP contribution in [-0.2, 0) is 29.9 Å². The third-order valence-electron chi connectivity index (χ3n) is 8.24. The number of esters is 2. The number of ether oxygens (including phenoxy) is 2. The molecule has 0 saturated carbocycles. The van der Waals surface area contributed by atoms with Gasteiger partial charge in [0.2, 0.25) is 5.69 Å². The summed E-state index contributed by atoms with van der Waals surface area (Å²) in [5, 5.41) is 0. The molecule has 0 fully saturated rings. The normalized spacial score (nSPS) is 17.0. The standard InChI is InChI=1S/C35H45N2O4.CH3Br/c1-7-40-32(38)22-14-24-36-28-18-11-9-16-26(28)34(3,4)30(36)20-13-21-31-35(5,6)27-17-10-12-19-29(27)37(31)25-15-23-33(39)41-8-2;1-2/h9-13,16-21H,7-8,14-15,22-25H2,1-6H3;1H3/q+1;. The van der Waals surface area contributed by atoms with Gasteiger partial charge in [-0.2, -0.15) is 4.58 Å². The van der Waals surface area contributed by atoms with Crippen molar-refractivity contribution in [3.8, 4) is 0 Å². The maximum atomic E-state index is 12.0. The van der Waals surface area contributed by atoms with Gasteiger partial charge in [0.1, 0.15) is 6.54 Å². The molecule has 6 nitrogen and oxygen atoms in total. The topological polar surface area (TPSA) is 58.8 Å². The molecule has 0 unspecified atom stereocenters. The number of carbonyl (C=O) groups is 2. The van der Waals surface area contributed by atoms with Gasteiger partial charge in [-0.25, -0.2) is 0 Å². The molecular formula is C36H48BrN2O4+. The lowest BCUT2D eigenvalue weighted by molar-refractivity contribution is -0.438. The molecular weight excluding hydrogens is 604 g/mol. The number of allylic oxidation sites excluding steroid dienone is 4. The highest BCUT2D eigenvalue weighted by atomic mass is 79.9. The fourth-order valence-electron chi connectivity index (χ4n) is 6.22. The Kier molecular flexibility index (Phi) is 12.4. The van der Waals surface area contributed by atoms with Crippen LogP contribution < -0.4 is 4.90 Å². The van der Waals surface area contributed by atoms with Gasteiger partial charge in [-0.05, 0) is 57.7 Å². The molecule has 7 heteroatoms. The highest BCUT2D eigenvalue weighted by Gasteiger charge is 2.44. The summed E-state index contributed by atoms with van der Waals surface area (Å²) in [6, 6.07) is 17.1. The number of halogens is 1. The van der Waals surface area contributed by atoms with E-state index in [1.807, 2.05) is 19.7 Å². The van der Waals surface area contributed by atoms with Gasteiger partial charge in [0.15, 0.2) is 5.71 Å². The summed E-state index contributed by atoms with van der Waals surface area (Å²) in [7, 11) is 0. The van der Waals surface area contributed by atoms with Gasteiger partial charge in [-0.15, -0.1) is 0 Å². The second-order valence-electron chi connectivity index (χ2n) is 11.7. The average Bonchev–Trinajstić information content (AvgIpc) is 3.34. The van der Waals surface area contributed by atoms with Gasteiger partial charge in [0.25, 0.3) is 0 Å². The highest BCUT2D eigenvalue weighted by molar-refractivity contribution is 9.08. The first-order valence-electron chi connectivity index (χ1n) is 15.3. The van der Waals surface area contributed by atoms with E-state index >= 15 is 0 Å². The smallest absolute Gasteiger partial charge is 0.306 e. The van der Waals surface area contributed by atoms with E-state index < -0.39 is 0 Å². The molecule has 0 radical (unpaired) electrons. The maximum Gasteiger partial charge on any atom is 0.306 e. The van der Waals surface area contributed by atoms with E-state index in [9.17, 15) is 9.59 Å². The molecule has 2 aliphatic rings. The average molecular weight is 653 g/mol. The summed E-state index contributed by atoms with van der Waals surface area (Å²) in [5.74, 6) is 1.52. The molecule has 0 spiro atoms. The lowest BCUT2D eigenvalue weighted by Gasteiger charge is -2.27. The largest absolute Gasteiger partial charge is 0.466 e. The molecule has 2 aromatic rings. The predicted molar refractivity (Wildman–Crippen MR) is 180 cm³/mol. The number of para-hydroxylation sites is 2. The summed E-state index contributed by atoms with van der Waals surface area (Å²) in [4.78, 5) is 26.4. The van der Waals surface area contributed by atoms with Crippen molar-refractivity contribution in [1.82, 2.24) is 0 Å². The second kappa shape index (κ2) is 15.5. The van der Waals surface area contributed by atoms with Crippen LogP contribution in [0.4, 0.5) is 11.4 Å². The Balaban J connectivity index is 0.00000248. The summed E-state index contributed by atoms with van der Waals surface area (Å²) in [5.41, 5.74) is 7.04. The van der Waals surface area contributed by atoms with E-state index in [4.69, 9.17) is 9.47 Å². The van der Waals surface area contributed by atoms with Crippen LogP contribution in [-0.4, -0.2) is 54.4 Å². The zero-order valence-electron chi connectivity index (χ0n) is 26.9. The number of alkyl halides is 1. The van der Waals surface area contributed by atoms with Crippen LogP contribution in [0.1, 0.15) is 78.4 Å². The van der Waals surface area contributed by atoms with Crippen molar-refractivity contribution in [3.05, 3.63) is 83.6 Å². The molecule has 0 N–H and O–H groups in total. The maximum absolute atomic E-state index is 12.0. The summed E-state index contributed by atoms with van der Waals surface area (Å²) < 4.78 is 12.7. The number of anilines is 1. The van der Waals surface area contributed by atoms with Crippen molar-refractivity contribution in [2.24, 2.45) is 0 Å². The van der Waals surface area contributed by atoms with E-state index in [1.54, 1.807) is 0 Å². The van der Waals surface area contributed by atoms with Crippen LogP contribution in [0.15, 0.2) is 72.5 Å². The SMILES string of the molecule is CBr.CCOC(=O)CCCN1/C(=C/C=C/C2=[N+](CCCC(=O)OCC)c3ccccc3C2(C)C)C(C)(C)c2ccccc21. The van der Waals surface area contributed by atoms with E-state index in [0.717, 1.165) is 25.9 Å². The molecule has 0 bridgehead atoms. The number of rotatable bonds is 12. The minimum absolute atomic E-state index is 0.146. The quantitative estimate of drug-likeness (QED) is 0.132. The Labute approximate surface area is 266 Å². The number of carbonyl (C=O) groups excluding carboxylic acids is 2. The first-order chi connectivity index (χ1) is 20.6. The Morgan fingerprint density at radius 2 is 1.42 bits per heavy atom. The number of nitrogens with zero attached hydrogens (tertiary/aromatic N) is 2. The zero-order chi connectivity index (χ0) is 31.6. The third kappa shape index (κ3) is 7.67. The predicted octanol–water partition coefficient (Wildman–Crippen LogP) is 8.00.